The molecule has 4 unspecified atom stereocenters. The largest absolute Gasteiger partial charge is 0.411 e. The fraction of sp³-hybridized carbons (Fsp3) is 0.889. The summed E-state index contributed by atoms with van der Waals surface area (Å²) in [4.78, 5) is 0. The molecule has 0 saturated heterocycles. The van der Waals surface area contributed by atoms with E-state index < -0.39 is 0 Å². The Hall–Kier alpha value is -0.790. The van der Waals surface area contributed by atoms with Crippen molar-refractivity contribution >= 4 is 5.71 Å². The first kappa shape index (κ1) is 21.4. The topological polar surface area (TPSA) is 32.6 Å². The maximum absolute atomic E-state index is 9.27. The molecule has 2 heteroatoms. The monoisotopic (exact) mass is 399 g/mol. The van der Waals surface area contributed by atoms with Crippen molar-refractivity contribution in [1.29, 1.82) is 0 Å². The molecule has 0 aromatic carbocycles. The maximum atomic E-state index is 9.27. The summed E-state index contributed by atoms with van der Waals surface area (Å²) < 4.78 is 0. The lowest BCUT2D eigenvalue weighted by Crippen LogP contribution is -2.51. The minimum Gasteiger partial charge on any atom is -0.411 e. The Morgan fingerprint density at radius 2 is 1.79 bits per heavy atom. The number of nitrogens with zero attached hydrogens (tertiary/aromatic N) is 1. The molecule has 29 heavy (non-hydrogen) atoms. The third kappa shape index (κ3) is 3.61. The number of hydrogen-bond acceptors (Lipinski definition) is 2. The van der Waals surface area contributed by atoms with E-state index in [0.29, 0.717) is 10.8 Å². The molecule has 3 saturated carbocycles. The first-order valence-corrected chi connectivity index (χ1v) is 12.7. The van der Waals surface area contributed by atoms with Gasteiger partial charge in [-0.15, -0.1) is 0 Å². The Morgan fingerprint density at radius 1 is 1.00 bits per heavy atom. The van der Waals surface area contributed by atoms with Gasteiger partial charge in [-0.05, 0) is 104 Å². The van der Waals surface area contributed by atoms with Crippen LogP contribution in [-0.2, 0) is 0 Å². The Balaban J connectivity index is 1.49. The first-order valence-electron chi connectivity index (χ1n) is 12.7. The molecular weight excluding hydrogens is 354 g/mol. The van der Waals surface area contributed by atoms with Gasteiger partial charge < -0.3 is 5.21 Å². The van der Waals surface area contributed by atoms with Crippen molar-refractivity contribution in [2.24, 2.45) is 51.5 Å². The third-order valence-corrected chi connectivity index (χ3v) is 10.3. The van der Waals surface area contributed by atoms with E-state index in [2.05, 4.69) is 45.9 Å². The van der Waals surface area contributed by atoms with Gasteiger partial charge >= 0.3 is 0 Å². The van der Waals surface area contributed by atoms with Crippen LogP contribution in [0.4, 0.5) is 0 Å². The highest BCUT2D eigenvalue weighted by atomic mass is 16.4. The van der Waals surface area contributed by atoms with Gasteiger partial charge in [0.2, 0.25) is 0 Å². The van der Waals surface area contributed by atoms with E-state index in [1.54, 1.807) is 5.57 Å². The number of allylic oxidation sites excluding steroid dienone is 2. The van der Waals surface area contributed by atoms with E-state index in [9.17, 15) is 5.21 Å². The van der Waals surface area contributed by atoms with Crippen LogP contribution in [0.5, 0.6) is 0 Å². The molecule has 1 N–H and O–H groups in total. The molecule has 7 atom stereocenters. The van der Waals surface area contributed by atoms with Gasteiger partial charge in [0.05, 0.1) is 5.71 Å². The lowest BCUT2D eigenvalue weighted by molar-refractivity contribution is -0.0574. The number of oxime groups is 1. The number of fused-ring (bicyclic) bond motifs is 5. The second-order valence-electron chi connectivity index (χ2n) is 12.1. The molecule has 2 nitrogen and oxygen atoms in total. The summed E-state index contributed by atoms with van der Waals surface area (Å²) in [5, 5.41) is 12.8. The molecule has 0 aliphatic heterocycles. The maximum Gasteiger partial charge on any atom is 0.0795 e. The summed E-state index contributed by atoms with van der Waals surface area (Å²) >= 11 is 0. The molecule has 0 heterocycles. The average molecular weight is 400 g/mol. The standard InChI is InChI=1S/C27H45NO/c1-18(2)7-6-8-19(3)23-11-12-24-22-10-9-20-17-21(28-29)13-15-26(20,4)25(22)14-16-27(23,24)5/h17-19,22-25,29H,6-16H2,1-5H3/b28-21+/t19-,22?,23?,24?,25?,26+,27-/m1/s1. The van der Waals surface area contributed by atoms with Gasteiger partial charge in [-0.25, -0.2) is 0 Å². The summed E-state index contributed by atoms with van der Waals surface area (Å²) in [5.74, 6) is 5.43. The predicted molar refractivity (Wildman–Crippen MR) is 122 cm³/mol. The highest BCUT2D eigenvalue weighted by molar-refractivity contribution is 5.96. The van der Waals surface area contributed by atoms with Crippen molar-refractivity contribution in [1.82, 2.24) is 0 Å². The summed E-state index contributed by atoms with van der Waals surface area (Å²) in [6, 6.07) is 0. The van der Waals surface area contributed by atoms with Gasteiger partial charge in [-0.2, -0.15) is 0 Å². The van der Waals surface area contributed by atoms with Crippen LogP contribution in [0.3, 0.4) is 0 Å². The average Bonchev–Trinajstić information content (AvgIpc) is 3.04. The molecule has 4 aliphatic rings. The predicted octanol–water partition coefficient (Wildman–Crippen LogP) is 7.86. The van der Waals surface area contributed by atoms with Crippen molar-refractivity contribution < 1.29 is 5.21 Å². The van der Waals surface area contributed by atoms with Crippen LogP contribution in [0.15, 0.2) is 16.8 Å². The van der Waals surface area contributed by atoms with Crippen LogP contribution < -0.4 is 0 Å². The zero-order chi connectivity index (χ0) is 20.8. The van der Waals surface area contributed by atoms with Gasteiger partial charge in [0.1, 0.15) is 0 Å². The highest BCUT2D eigenvalue weighted by Crippen LogP contribution is 2.67. The second-order valence-corrected chi connectivity index (χ2v) is 12.1. The molecule has 4 rings (SSSR count). The Bertz CT molecular complexity index is 663. The van der Waals surface area contributed by atoms with Gasteiger partial charge in [-0.1, -0.05) is 64.6 Å². The summed E-state index contributed by atoms with van der Waals surface area (Å²) in [5.41, 5.74) is 3.45. The SMILES string of the molecule is CC(C)CCC[C@@H](C)C1CCC2C3CCC4=C/C(=N/O)CC[C@]4(C)C3CC[C@@]21C. The van der Waals surface area contributed by atoms with Crippen molar-refractivity contribution in [3.8, 4) is 0 Å². The molecule has 0 aromatic rings. The van der Waals surface area contributed by atoms with E-state index in [0.717, 1.165) is 47.6 Å². The van der Waals surface area contributed by atoms with Crippen molar-refractivity contribution in [3.63, 3.8) is 0 Å². The zero-order valence-electron chi connectivity index (χ0n) is 19.7. The Kier molecular flexibility index (Phi) is 5.95. The van der Waals surface area contributed by atoms with E-state index in [1.807, 2.05) is 0 Å². The summed E-state index contributed by atoms with van der Waals surface area (Å²) in [7, 11) is 0. The molecule has 164 valence electrons. The van der Waals surface area contributed by atoms with Crippen LogP contribution in [0.1, 0.15) is 105 Å². The molecule has 0 spiro atoms. The van der Waals surface area contributed by atoms with Gasteiger partial charge in [0, 0.05) is 0 Å². The van der Waals surface area contributed by atoms with Crippen molar-refractivity contribution in [2.45, 2.75) is 105 Å². The normalized spacial score (nSPS) is 44.2. The van der Waals surface area contributed by atoms with Gasteiger partial charge in [0.25, 0.3) is 0 Å². The first-order chi connectivity index (χ1) is 13.8. The van der Waals surface area contributed by atoms with E-state index >= 15 is 0 Å². The van der Waals surface area contributed by atoms with E-state index in [4.69, 9.17) is 0 Å². The summed E-state index contributed by atoms with van der Waals surface area (Å²) in [6.07, 6.45) is 17.1. The van der Waals surface area contributed by atoms with Crippen LogP contribution in [0.2, 0.25) is 0 Å². The van der Waals surface area contributed by atoms with Crippen molar-refractivity contribution in [2.75, 3.05) is 0 Å². The molecule has 0 radical (unpaired) electrons. The quantitative estimate of drug-likeness (QED) is 0.370. The van der Waals surface area contributed by atoms with E-state index in [-0.39, 0.29) is 0 Å². The number of rotatable bonds is 5. The van der Waals surface area contributed by atoms with Crippen LogP contribution >= 0.6 is 0 Å². The Labute approximate surface area is 179 Å². The van der Waals surface area contributed by atoms with Crippen LogP contribution in [-0.4, -0.2) is 10.9 Å². The zero-order valence-corrected chi connectivity index (χ0v) is 19.7. The third-order valence-electron chi connectivity index (χ3n) is 10.3. The fourth-order valence-corrected chi connectivity index (χ4v) is 8.67. The second kappa shape index (κ2) is 8.04. The summed E-state index contributed by atoms with van der Waals surface area (Å²) in [6.45, 7) is 12.5. The van der Waals surface area contributed by atoms with E-state index in [1.165, 1.54) is 64.2 Å². The molecule has 3 fully saturated rings. The van der Waals surface area contributed by atoms with Crippen LogP contribution in [0, 0.1) is 46.3 Å². The van der Waals surface area contributed by atoms with Crippen LogP contribution in [0.25, 0.3) is 0 Å². The molecule has 0 amide bonds. The molecule has 4 aliphatic carbocycles. The Morgan fingerprint density at radius 3 is 2.52 bits per heavy atom. The van der Waals surface area contributed by atoms with Gasteiger partial charge in [0.15, 0.2) is 0 Å². The minimum atomic E-state index is 0.361. The minimum absolute atomic E-state index is 0.361. The molecule has 0 aromatic heterocycles. The fourth-order valence-electron chi connectivity index (χ4n) is 8.67. The van der Waals surface area contributed by atoms with Gasteiger partial charge in [-0.3, -0.25) is 0 Å². The molecular formula is C27H45NO. The lowest BCUT2D eigenvalue weighted by atomic mass is 9.46. The number of hydrogen-bond donors (Lipinski definition) is 1. The molecule has 0 bridgehead atoms. The smallest absolute Gasteiger partial charge is 0.0795 e. The highest BCUT2D eigenvalue weighted by Gasteiger charge is 2.59. The lowest BCUT2D eigenvalue weighted by Gasteiger charge is -2.58. The van der Waals surface area contributed by atoms with Crippen molar-refractivity contribution in [3.05, 3.63) is 11.6 Å².